The molecule has 0 aromatic heterocycles. The molecule has 0 aliphatic rings. The molecule has 0 atom stereocenters. The third-order valence-corrected chi connectivity index (χ3v) is 2.57. The zero-order valence-corrected chi connectivity index (χ0v) is 11.2. The van der Waals surface area contributed by atoms with E-state index in [9.17, 15) is 9.59 Å². The van der Waals surface area contributed by atoms with Crippen molar-refractivity contribution in [1.82, 2.24) is 5.32 Å². The maximum Gasteiger partial charge on any atom is 0.264 e. The smallest absolute Gasteiger partial charge is 0.264 e. The zero-order valence-electron chi connectivity index (χ0n) is 11.2. The number of nitrogens with one attached hydrogen (secondary N) is 1. The molecule has 0 aliphatic heterocycles. The summed E-state index contributed by atoms with van der Waals surface area (Å²) in [4.78, 5) is 21.9. The van der Waals surface area contributed by atoms with Crippen molar-refractivity contribution >= 4 is 11.8 Å². The minimum absolute atomic E-state index is 0.0794. The summed E-state index contributed by atoms with van der Waals surface area (Å²) in [5.74, 6) is -1.07. The van der Waals surface area contributed by atoms with E-state index in [1.54, 1.807) is 0 Å². The Hall–Kier alpha value is -1.58. The highest BCUT2D eigenvalue weighted by Gasteiger charge is 2.03. The number of unbranched alkanes of at least 4 members (excludes halogenated alkanes) is 6. The van der Waals surface area contributed by atoms with Crippen LogP contribution in [0.25, 0.3) is 0 Å². The Kier molecular flexibility index (Phi) is 9.64. The number of primary amides is 1. The summed E-state index contributed by atoms with van der Waals surface area (Å²) >= 11 is 0. The number of hydrogen-bond acceptors (Lipinski definition) is 2. The van der Waals surface area contributed by atoms with Gasteiger partial charge in [-0.05, 0) is 18.9 Å². The Morgan fingerprint density at radius 1 is 1.17 bits per heavy atom. The molecule has 0 saturated heterocycles. The lowest BCUT2D eigenvalue weighted by molar-refractivity contribution is -0.119. The topological polar surface area (TPSA) is 72.2 Å². The second-order valence-electron chi connectivity index (χ2n) is 4.29. The van der Waals surface area contributed by atoms with Crippen molar-refractivity contribution in [1.29, 1.82) is 0 Å². The number of hydrogen-bond donors (Lipinski definition) is 2. The fourth-order valence-corrected chi connectivity index (χ4v) is 1.48. The van der Waals surface area contributed by atoms with Gasteiger partial charge in [0.1, 0.15) is 0 Å². The van der Waals surface area contributed by atoms with Crippen LogP contribution < -0.4 is 11.1 Å². The number of carbonyl (C=O) groups excluding carboxylic acids is 2. The molecule has 0 heterocycles. The first-order valence-corrected chi connectivity index (χ1v) is 6.54. The van der Waals surface area contributed by atoms with Gasteiger partial charge in [-0.15, -0.1) is 0 Å². The second-order valence-corrected chi connectivity index (χ2v) is 4.29. The van der Waals surface area contributed by atoms with Gasteiger partial charge in [-0.25, -0.2) is 0 Å². The maximum atomic E-state index is 11.3. The average Bonchev–Trinajstić information content (AvgIpc) is 2.32. The Morgan fingerprint density at radius 3 is 2.39 bits per heavy atom. The van der Waals surface area contributed by atoms with Crippen molar-refractivity contribution in [3.8, 4) is 0 Å². The van der Waals surface area contributed by atoms with Crippen molar-refractivity contribution in [3.63, 3.8) is 0 Å². The van der Waals surface area contributed by atoms with Crippen molar-refractivity contribution in [2.45, 2.75) is 51.9 Å². The third-order valence-electron chi connectivity index (χ3n) is 2.57. The quantitative estimate of drug-likeness (QED) is 0.463. The molecule has 0 spiro atoms. The summed E-state index contributed by atoms with van der Waals surface area (Å²) in [5.41, 5.74) is 4.86. The molecule has 18 heavy (non-hydrogen) atoms. The minimum Gasteiger partial charge on any atom is -0.364 e. The van der Waals surface area contributed by atoms with Crippen LogP contribution in [0.4, 0.5) is 0 Å². The Bertz CT molecular complexity index is 309. The summed E-state index contributed by atoms with van der Waals surface area (Å²) in [6, 6.07) is 0. The molecule has 4 heteroatoms. The summed E-state index contributed by atoms with van der Waals surface area (Å²) in [7, 11) is 0. The van der Waals surface area contributed by atoms with Gasteiger partial charge in [0.25, 0.3) is 5.91 Å². The van der Waals surface area contributed by atoms with Gasteiger partial charge in [-0.2, -0.15) is 0 Å². The van der Waals surface area contributed by atoms with Crippen LogP contribution in [0.5, 0.6) is 0 Å². The van der Waals surface area contributed by atoms with Crippen molar-refractivity contribution in [2.24, 2.45) is 5.73 Å². The van der Waals surface area contributed by atoms with Crippen molar-refractivity contribution in [3.05, 3.63) is 24.4 Å². The molecule has 0 saturated carbocycles. The van der Waals surface area contributed by atoms with Crippen LogP contribution in [0.2, 0.25) is 0 Å². The van der Waals surface area contributed by atoms with E-state index < -0.39 is 5.91 Å². The first-order chi connectivity index (χ1) is 8.57. The molecule has 0 fully saturated rings. The first kappa shape index (κ1) is 16.4. The molecule has 0 radical (unpaired) electrons. The molecule has 3 N–H and O–H groups in total. The Labute approximate surface area is 109 Å². The lowest BCUT2D eigenvalue weighted by Gasteiger charge is -2.00. The molecular weight excluding hydrogens is 228 g/mol. The van der Waals surface area contributed by atoms with E-state index in [0.717, 1.165) is 12.8 Å². The number of rotatable bonds is 10. The van der Waals surface area contributed by atoms with Gasteiger partial charge in [-0.1, -0.05) is 51.7 Å². The highest BCUT2D eigenvalue weighted by molar-refractivity contribution is 5.98. The Balaban J connectivity index is 3.55. The van der Waals surface area contributed by atoms with Crippen LogP contribution in [0.3, 0.4) is 0 Å². The zero-order chi connectivity index (χ0) is 13.8. The van der Waals surface area contributed by atoms with Crippen LogP contribution in [0.1, 0.15) is 51.9 Å². The molecular formula is C14H24N2O2. The van der Waals surface area contributed by atoms with Crippen LogP contribution in [-0.2, 0) is 9.59 Å². The fourth-order valence-electron chi connectivity index (χ4n) is 1.48. The number of allylic oxidation sites excluding steroid dienone is 1. The molecule has 0 aromatic carbocycles. The molecule has 0 aromatic rings. The lowest BCUT2D eigenvalue weighted by Crippen LogP contribution is -2.29. The van der Waals surface area contributed by atoms with Crippen molar-refractivity contribution < 1.29 is 9.59 Å². The van der Waals surface area contributed by atoms with Crippen LogP contribution in [0, 0.1) is 0 Å². The molecule has 0 unspecified atom stereocenters. The van der Waals surface area contributed by atoms with E-state index in [2.05, 4.69) is 18.8 Å². The largest absolute Gasteiger partial charge is 0.364 e. The lowest BCUT2D eigenvalue weighted by atomic mass is 10.1. The van der Waals surface area contributed by atoms with Crippen LogP contribution in [-0.4, -0.2) is 11.8 Å². The average molecular weight is 252 g/mol. The molecule has 102 valence electrons. The monoisotopic (exact) mass is 252 g/mol. The number of carbonyl (C=O) groups is 2. The molecule has 0 aliphatic carbocycles. The van der Waals surface area contributed by atoms with E-state index in [4.69, 9.17) is 5.73 Å². The molecule has 0 bridgehead atoms. The van der Waals surface area contributed by atoms with Crippen molar-refractivity contribution in [2.75, 3.05) is 0 Å². The summed E-state index contributed by atoms with van der Waals surface area (Å²) in [6.45, 7) is 5.54. The van der Waals surface area contributed by atoms with Gasteiger partial charge in [0.15, 0.2) is 0 Å². The molecule has 0 rings (SSSR count). The van der Waals surface area contributed by atoms with Gasteiger partial charge in [0.05, 0.1) is 5.70 Å². The van der Waals surface area contributed by atoms with E-state index in [-0.39, 0.29) is 11.6 Å². The predicted molar refractivity (Wildman–Crippen MR) is 73.6 cm³/mol. The standard InChI is InChI=1S/C14H24N2O2/c1-3-4-5-6-7-8-9-10-11-13(17)16-12(2)14(15)18/h10-11H,2-9H2,1H3,(H2,15,18)(H,16,17). The first-order valence-electron chi connectivity index (χ1n) is 6.54. The Morgan fingerprint density at radius 2 is 1.78 bits per heavy atom. The normalized spacial score (nSPS) is 10.5. The minimum atomic E-state index is -0.715. The van der Waals surface area contributed by atoms with E-state index in [1.807, 2.05) is 6.08 Å². The van der Waals surface area contributed by atoms with E-state index in [1.165, 1.54) is 38.2 Å². The highest BCUT2D eigenvalue weighted by atomic mass is 16.2. The summed E-state index contributed by atoms with van der Waals surface area (Å²) in [5, 5.41) is 2.30. The molecule has 4 nitrogen and oxygen atoms in total. The highest BCUT2D eigenvalue weighted by Crippen LogP contribution is 2.06. The third kappa shape index (κ3) is 9.63. The second kappa shape index (κ2) is 10.6. The van der Waals surface area contributed by atoms with Gasteiger partial charge in [0.2, 0.25) is 5.91 Å². The van der Waals surface area contributed by atoms with Gasteiger partial charge in [-0.3, -0.25) is 9.59 Å². The van der Waals surface area contributed by atoms with Crippen LogP contribution in [0.15, 0.2) is 24.4 Å². The summed E-state index contributed by atoms with van der Waals surface area (Å²) in [6.07, 6.45) is 11.5. The maximum absolute atomic E-state index is 11.3. The van der Waals surface area contributed by atoms with E-state index in [0.29, 0.717) is 0 Å². The fraction of sp³-hybridized carbons (Fsp3) is 0.571. The number of amides is 2. The SMILES string of the molecule is C=C(NC(=O)C=CCCCCCCCC)C(N)=O. The van der Waals surface area contributed by atoms with Gasteiger partial charge >= 0.3 is 0 Å². The van der Waals surface area contributed by atoms with E-state index >= 15 is 0 Å². The predicted octanol–water partition coefficient (Wildman–Crippen LogP) is 2.41. The summed E-state index contributed by atoms with van der Waals surface area (Å²) < 4.78 is 0. The number of nitrogens with two attached hydrogens (primary N) is 1. The molecule has 2 amide bonds. The van der Waals surface area contributed by atoms with Gasteiger partial charge < -0.3 is 11.1 Å². The van der Waals surface area contributed by atoms with Gasteiger partial charge in [0, 0.05) is 0 Å². The van der Waals surface area contributed by atoms with Crippen LogP contribution >= 0.6 is 0 Å².